The Morgan fingerprint density at radius 3 is 1.24 bits per heavy atom. The average Bonchev–Trinajstić information content (AvgIpc) is 3.10. The molecule has 0 aromatic rings. The maximum atomic E-state index is 12.6. The van der Waals surface area contributed by atoms with E-state index in [0.29, 0.717) is 12.8 Å². The zero-order valence-electron chi connectivity index (χ0n) is 32.5. The molecule has 0 aliphatic rings. The van der Waals surface area contributed by atoms with Crippen LogP contribution in [-0.2, 0) is 37.5 Å². The number of aliphatic carboxylic acids is 1. The van der Waals surface area contributed by atoms with E-state index in [9.17, 15) is 23.8 Å². The molecule has 0 aliphatic heterocycles. The van der Waals surface area contributed by atoms with Gasteiger partial charge in [0.15, 0.2) is 6.10 Å². The maximum absolute atomic E-state index is 12.6. The van der Waals surface area contributed by atoms with Crippen LogP contribution in [0.4, 0.5) is 0 Å². The van der Waals surface area contributed by atoms with E-state index in [0.717, 1.165) is 38.5 Å². The molecule has 0 amide bonds. The minimum absolute atomic E-state index is 0.169. The summed E-state index contributed by atoms with van der Waals surface area (Å²) in [4.78, 5) is 45.8. The molecule has 1 unspecified atom stereocenters. The lowest BCUT2D eigenvalue weighted by Gasteiger charge is -2.20. The van der Waals surface area contributed by atoms with Crippen LogP contribution in [0.5, 0.6) is 0 Å². The summed E-state index contributed by atoms with van der Waals surface area (Å²) in [7, 11) is -4.70. The first kappa shape index (κ1) is 49.5. The van der Waals surface area contributed by atoms with Crippen LogP contribution in [0.25, 0.3) is 0 Å². The van der Waals surface area contributed by atoms with Crippen molar-refractivity contribution in [3.63, 3.8) is 0 Å². The van der Waals surface area contributed by atoms with Crippen LogP contribution < -0.4 is 5.73 Å². The lowest BCUT2D eigenvalue weighted by Crippen LogP contribution is -2.34. The molecule has 0 bridgehead atoms. The summed E-state index contributed by atoms with van der Waals surface area (Å²) in [5.74, 6) is -2.36. The molecule has 0 aromatic carbocycles. The zero-order valence-corrected chi connectivity index (χ0v) is 33.4. The molecule has 4 N–H and O–H groups in total. The Labute approximate surface area is 310 Å². The number of esters is 2. The van der Waals surface area contributed by atoms with Crippen LogP contribution in [0.3, 0.4) is 0 Å². The van der Waals surface area contributed by atoms with Gasteiger partial charge in [-0.05, 0) is 12.8 Å². The first-order valence-corrected chi connectivity index (χ1v) is 22.1. The summed E-state index contributed by atoms with van der Waals surface area (Å²) >= 11 is 0. The third-order valence-corrected chi connectivity index (χ3v) is 10.1. The van der Waals surface area contributed by atoms with Gasteiger partial charge in [0.25, 0.3) is 0 Å². The van der Waals surface area contributed by atoms with Crippen molar-refractivity contribution in [2.45, 2.75) is 212 Å². The lowest BCUT2D eigenvalue weighted by molar-refractivity contribution is -0.161. The molecule has 0 fully saturated rings. The lowest BCUT2D eigenvalue weighted by atomic mass is 10.0. The van der Waals surface area contributed by atoms with E-state index in [1.165, 1.54) is 122 Å². The number of carboxylic acids is 1. The van der Waals surface area contributed by atoms with Crippen LogP contribution in [-0.4, -0.2) is 59.9 Å². The number of carboxylic acid groups (broad SMARTS) is 1. The van der Waals surface area contributed by atoms with Gasteiger partial charge in [-0.25, -0.2) is 4.57 Å². The Kier molecular flexibility index (Phi) is 34.4. The molecule has 0 rings (SSSR count). The molecule has 0 radical (unpaired) electrons. The topological polar surface area (TPSA) is 172 Å². The molecule has 12 heteroatoms. The Morgan fingerprint density at radius 1 is 0.529 bits per heavy atom. The van der Waals surface area contributed by atoms with Gasteiger partial charge in [-0.2, -0.15) is 0 Å². The molecular formula is C39H76NO10P. The number of phosphoric acid groups is 1. The Morgan fingerprint density at radius 2 is 0.863 bits per heavy atom. The van der Waals surface area contributed by atoms with E-state index in [2.05, 4.69) is 18.4 Å². The van der Waals surface area contributed by atoms with Crippen molar-refractivity contribution in [3.8, 4) is 0 Å². The zero-order chi connectivity index (χ0) is 37.8. The number of hydrogen-bond donors (Lipinski definition) is 3. The fourth-order valence-corrected chi connectivity index (χ4v) is 6.61. The van der Waals surface area contributed by atoms with Gasteiger partial charge < -0.3 is 25.2 Å². The fraction of sp³-hybridized carbons (Fsp3) is 0.923. The van der Waals surface area contributed by atoms with Gasteiger partial charge in [-0.15, -0.1) is 0 Å². The van der Waals surface area contributed by atoms with Crippen LogP contribution >= 0.6 is 7.82 Å². The quantitative estimate of drug-likeness (QED) is 0.0310. The second-order valence-electron chi connectivity index (χ2n) is 14.1. The maximum Gasteiger partial charge on any atom is 0.472 e. The molecule has 0 aliphatic carbocycles. The van der Waals surface area contributed by atoms with Crippen molar-refractivity contribution in [3.05, 3.63) is 0 Å². The minimum atomic E-state index is -4.70. The van der Waals surface area contributed by atoms with Gasteiger partial charge in [0.2, 0.25) is 0 Å². The van der Waals surface area contributed by atoms with Crippen molar-refractivity contribution < 1.29 is 47.5 Å². The summed E-state index contributed by atoms with van der Waals surface area (Å²) in [6.07, 6.45) is 31.7. The number of unbranched alkanes of at least 4 members (excludes halogenated alkanes) is 25. The fourth-order valence-electron chi connectivity index (χ4n) is 5.83. The Balaban J connectivity index is 4.32. The number of phosphoric ester groups is 1. The summed E-state index contributed by atoms with van der Waals surface area (Å²) in [6, 6.07) is -1.51. The van der Waals surface area contributed by atoms with E-state index < -0.39 is 51.1 Å². The van der Waals surface area contributed by atoms with Gasteiger partial charge in [0.1, 0.15) is 12.6 Å². The van der Waals surface area contributed by atoms with Crippen LogP contribution in [0.15, 0.2) is 0 Å². The largest absolute Gasteiger partial charge is 0.480 e. The number of hydrogen-bond acceptors (Lipinski definition) is 9. The Bertz CT molecular complexity index is 890. The molecule has 11 nitrogen and oxygen atoms in total. The standard InChI is InChI=1S/C39H76NO10P/c1-3-5-7-9-11-13-15-16-17-18-19-20-21-23-25-27-29-31-38(42)50-35(33-48-51(45,46)49-34-36(40)39(43)44)32-47-37(41)30-28-26-24-22-14-12-10-8-6-4-2/h35-36H,3-34,40H2,1-2H3,(H,43,44)(H,45,46)/t35-,36+/m1/s1. The second-order valence-corrected chi connectivity index (χ2v) is 15.6. The molecule has 51 heavy (non-hydrogen) atoms. The van der Waals surface area contributed by atoms with Gasteiger partial charge in [-0.3, -0.25) is 23.4 Å². The van der Waals surface area contributed by atoms with Gasteiger partial charge in [-0.1, -0.05) is 174 Å². The smallest absolute Gasteiger partial charge is 0.472 e. The summed E-state index contributed by atoms with van der Waals surface area (Å²) < 4.78 is 32.6. The van der Waals surface area contributed by atoms with Gasteiger partial charge in [0.05, 0.1) is 13.2 Å². The summed E-state index contributed by atoms with van der Waals surface area (Å²) in [6.45, 7) is 2.80. The number of ether oxygens (including phenoxy) is 2. The number of rotatable bonds is 39. The van der Waals surface area contributed by atoms with Crippen molar-refractivity contribution in [2.75, 3.05) is 19.8 Å². The first-order chi connectivity index (χ1) is 24.6. The molecule has 0 spiro atoms. The van der Waals surface area contributed by atoms with Crippen molar-refractivity contribution >= 4 is 25.7 Å². The van der Waals surface area contributed by atoms with E-state index in [1.807, 2.05) is 0 Å². The first-order valence-electron chi connectivity index (χ1n) is 20.6. The van der Waals surface area contributed by atoms with E-state index >= 15 is 0 Å². The van der Waals surface area contributed by atoms with Crippen molar-refractivity contribution in [1.29, 1.82) is 0 Å². The van der Waals surface area contributed by atoms with Crippen molar-refractivity contribution in [1.82, 2.24) is 0 Å². The van der Waals surface area contributed by atoms with E-state index in [-0.39, 0.29) is 19.4 Å². The highest BCUT2D eigenvalue weighted by molar-refractivity contribution is 7.47. The molecule has 0 aromatic heterocycles. The van der Waals surface area contributed by atoms with E-state index in [1.54, 1.807) is 0 Å². The van der Waals surface area contributed by atoms with Crippen LogP contribution in [0, 0.1) is 0 Å². The highest BCUT2D eigenvalue weighted by Crippen LogP contribution is 2.43. The monoisotopic (exact) mass is 750 g/mol. The molecule has 302 valence electrons. The summed E-state index contributed by atoms with van der Waals surface area (Å²) in [5, 5.41) is 8.86. The number of nitrogens with two attached hydrogens (primary N) is 1. The molecular weight excluding hydrogens is 673 g/mol. The highest BCUT2D eigenvalue weighted by Gasteiger charge is 2.28. The second kappa shape index (κ2) is 35.5. The predicted molar refractivity (Wildman–Crippen MR) is 203 cm³/mol. The van der Waals surface area contributed by atoms with Gasteiger partial charge >= 0.3 is 25.7 Å². The predicted octanol–water partition coefficient (Wildman–Crippen LogP) is 10.3. The van der Waals surface area contributed by atoms with Gasteiger partial charge in [0, 0.05) is 12.8 Å². The minimum Gasteiger partial charge on any atom is -0.480 e. The average molecular weight is 750 g/mol. The molecule has 0 saturated heterocycles. The number of carbonyl (C=O) groups is 3. The highest BCUT2D eigenvalue weighted by atomic mass is 31.2. The van der Waals surface area contributed by atoms with Crippen LogP contribution in [0.1, 0.15) is 200 Å². The SMILES string of the molecule is CCCCCCCCCCCCCCCCCCCC(=O)O[C@H](COC(=O)CCCCCCCCCCCC)COP(=O)(O)OC[C@H](N)C(=O)O. The van der Waals surface area contributed by atoms with E-state index in [4.69, 9.17) is 24.8 Å². The third-order valence-electron chi connectivity index (χ3n) is 9.11. The summed E-state index contributed by atoms with van der Waals surface area (Å²) in [5.41, 5.74) is 5.32. The normalized spacial score (nSPS) is 13.8. The van der Waals surface area contributed by atoms with Crippen LogP contribution in [0.2, 0.25) is 0 Å². The molecule has 0 heterocycles. The Hall–Kier alpha value is -1.52. The number of carbonyl (C=O) groups excluding carboxylic acids is 2. The van der Waals surface area contributed by atoms with Crippen molar-refractivity contribution in [2.24, 2.45) is 5.73 Å². The third kappa shape index (κ3) is 35.3. The molecule has 0 saturated carbocycles. The molecule has 3 atom stereocenters.